The van der Waals surface area contributed by atoms with Crippen molar-refractivity contribution in [3.05, 3.63) is 29.6 Å². The smallest absolute Gasteiger partial charge is 0.324 e. The molecule has 1 unspecified atom stereocenters. The first-order valence-corrected chi connectivity index (χ1v) is 6.77. The van der Waals surface area contributed by atoms with Crippen LogP contribution in [0.1, 0.15) is 55.7 Å². The van der Waals surface area contributed by atoms with Crippen molar-refractivity contribution in [2.75, 3.05) is 0 Å². The van der Waals surface area contributed by atoms with Crippen molar-refractivity contribution in [3.63, 3.8) is 0 Å². The number of rotatable bonds is 2. The molecule has 2 rings (SSSR count). The molecular formula is C14H19F3N2. The quantitative estimate of drug-likeness (QED) is 0.824. The first-order chi connectivity index (χ1) is 9.00. The molecule has 19 heavy (non-hydrogen) atoms. The molecule has 0 bridgehead atoms. The molecule has 0 aromatic carbocycles. The topological polar surface area (TPSA) is 38.9 Å². The maximum atomic E-state index is 13.0. The number of halogens is 3. The van der Waals surface area contributed by atoms with Gasteiger partial charge in [0.2, 0.25) is 0 Å². The van der Waals surface area contributed by atoms with Crippen LogP contribution in [0.15, 0.2) is 18.5 Å². The zero-order chi connectivity index (χ0) is 13.9. The van der Waals surface area contributed by atoms with Gasteiger partial charge in [0, 0.05) is 18.4 Å². The van der Waals surface area contributed by atoms with Gasteiger partial charge < -0.3 is 5.73 Å². The van der Waals surface area contributed by atoms with Crippen molar-refractivity contribution < 1.29 is 13.2 Å². The number of aromatic nitrogens is 1. The number of nitrogens with zero attached hydrogens (tertiary/aromatic N) is 1. The van der Waals surface area contributed by atoms with Gasteiger partial charge in [-0.2, -0.15) is 13.2 Å². The van der Waals surface area contributed by atoms with Crippen LogP contribution in [-0.4, -0.2) is 4.98 Å². The van der Waals surface area contributed by atoms with E-state index in [-0.39, 0.29) is 11.5 Å². The van der Waals surface area contributed by atoms with Crippen molar-refractivity contribution in [1.29, 1.82) is 0 Å². The van der Waals surface area contributed by atoms with Gasteiger partial charge in [0.05, 0.1) is 5.56 Å². The fourth-order valence-electron chi connectivity index (χ4n) is 2.85. The molecule has 1 fully saturated rings. The van der Waals surface area contributed by atoms with Crippen LogP contribution in [0.25, 0.3) is 0 Å². The molecule has 1 aromatic rings. The normalized spacial score (nSPS) is 20.0. The molecule has 1 atom stereocenters. The summed E-state index contributed by atoms with van der Waals surface area (Å²) in [6.45, 7) is 0. The minimum absolute atomic E-state index is 0.132. The molecule has 1 saturated carbocycles. The third kappa shape index (κ3) is 3.47. The van der Waals surface area contributed by atoms with Gasteiger partial charge in [-0.1, -0.05) is 25.7 Å². The summed E-state index contributed by atoms with van der Waals surface area (Å²) in [6.07, 6.45) is 4.33. The second-order valence-corrected chi connectivity index (χ2v) is 5.24. The Kier molecular flexibility index (Phi) is 4.45. The second kappa shape index (κ2) is 5.90. The van der Waals surface area contributed by atoms with Crippen LogP contribution in [0.5, 0.6) is 0 Å². The van der Waals surface area contributed by atoms with E-state index in [2.05, 4.69) is 4.98 Å². The highest BCUT2D eigenvalue weighted by atomic mass is 19.4. The van der Waals surface area contributed by atoms with E-state index in [4.69, 9.17) is 5.73 Å². The highest BCUT2D eigenvalue weighted by Crippen LogP contribution is 2.38. The molecule has 106 valence electrons. The Morgan fingerprint density at radius 3 is 2.37 bits per heavy atom. The molecule has 1 aliphatic carbocycles. The average Bonchev–Trinajstić information content (AvgIpc) is 2.66. The highest BCUT2D eigenvalue weighted by molar-refractivity contribution is 5.29. The summed E-state index contributed by atoms with van der Waals surface area (Å²) in [4.78, 5) is 3.82. The summed E-state index contributed by atoms with van der Waals surface area (Å²) >= 11 is 0. The predicted molar refractivity (Wildman–Crippen MR) is 67.4 cm³/mol. The second-order valence-electron chi connectivity index (χ2n) is 5.24. The first-order valence-electron chi connectivity index (χ1n) is 6.77. The molecule has 2 nitrogen and oxygen atoms in total. The summed E-state index contributed by atoms with van der Waals surface area (Å²) < 4.78 is 38.9. The monoisotopic (exact) mass is 272 g/mol. The maximum absolute atomic E-state index is 13.0. The predicted octanol–water partition coefficient (Wildman–Crippen LogP) is 4.07. The first kappa shape index (κ1) is 14.3. The molecule has 1 aliphatic rings. The number of pyridine rings is 1. The SMILES string of the molecule is NC(c1cnccc1C(F)(F)F)C1CCCCCC1. The van der Waals surface area contributed by atoms with Crippen molar-refractivity contribution in [2.24, 2.45) is 11.7 Å². The summed E-state index contributed by atoms with van der Waals surface area (Å²) in [6, 6.07) is 0.453. The molecule has 0 aliphatic heterocycles. The van der Waals surface area contributed by atoms with E-state index >= 15 is 0 Å². The van der Waals surface area contributed by atoms with Crippen LogP contribution in [0.2, 0.25) is 0 Å². The van der Waals surface area contributed by atoms with Crippen LogP contribution in [0.3, 0.4) is 0 Å². The van der Waals surface area contributed by atoms with Crippen LogP contribution in [0.4, 0.5) is 13.2 Å². The lowest BCUT2D eigenvalue weighted by molar-refractivity contribution is -0.138. The Labute approximate surface area is 111 Å². The number of nitrogens with two attached hydrogens (primary N) is 1. The van der Waals surface area contributed by atoms with Crippen molar-refractivity contribution in [1.82, 2.24) is 4.98 Å². The van der Waals surface area contributed by atoms with E-state index in [0.717, 1.165) is 44.6 Å². The number of alkyl halides is 3. The van der Waals surface area contributed by atoms with E-state index in [1.165, 1.54) is 12.4 Å². The fourth-order valence-corrected chi connectivity index (χ4v) is 2.85. The van der Waals surface area contributed by atoms with Gasteiger partial charge in [-0.15, -0.1) is 0 Å². The van der Waals surface area contributed by atoms with Gasteiger partial charge >= 0.3 is 6.18 Å². The Morgan fingerprint density at radius 2 is 1.79 bits per heavy atom. The fraction of sp³-hybridized carbons (Fsp3) is 0.643. The van der Waals surface area contributed by atoms with E-state index in [1.54, 1.807) is 0 Å². The van der Waals surface area contributed by atoms with Gasteiger partial charge in [-0.05, 0) is 30.4 Å². The molecule has 5 heteroatoms. The maximum Gasteiger partial charge on any atom is 0.416 e. The molecule has 1 heterocycles. The summed E-state index contributed by atoms with van der Waals surface area (Å²) in [5.41, 5.74) is 5.60. The third-order valence-corrected chi connectivity index (χ3v) is 3.92. The largest absolute Gasteiger partial charge is 0.416 e. The molecule has 2 N–H and O–H groups in total. The van der Waals surface area contributed by atoms with Crippen LogP contribution >= 0.6 is 0 Å². The minimum atomic E-state index is -4.36. The van der Waals surface area contributed by atoms with Crippen molar-refractivity contribution in [3.8, 4) is 0 Å². The lowest BCUT2D eigenvalue weighted by Crippen LogP contribution is -2.24. The standard InChI is InChI=1S/C14H19F3N2/c15-14(16,17)12-7-8-19-9-11(12)13(18)10-5-3-1-2-4-6-10/h7-10,13H,1-6,18H2. The molecule has 0 radical (unpaired) electrons. The van der Waals surface area contributed by atoms with Crippen LogP contribution in [0, 0.1) is 5.92 Å². The van der Waals surface area contributed by atoms with Crippen LogP contribution in [-0.2, 0) is 6.18 Å². The summed E-state index contributed by atoms with van der Waals surface area (Å²) in [5, 5.41) is 0. The van der Waals surface area contributed by atoms with Crippen molar-refractivity contribution in [2.45, 2.75) is 50.7 Å². The zero-order valence-electron chi connectivity index (χ0n) is 10.8. The average molecular weight is 272 g/mol. The number of hydrogen-bond acceptors (Lipinski definition) is 2. The van der Waals surface area contributed by atoms with Gasteiger partial charge in [0.25, 0.3) is 0 Å². The summed E-state index contributed by atoms with van der Waals surface area (Å²) in [5.74, 6) is 0.132. The van der Waals surface area contributed by atoms with E-state index < -0.39 is 17.8 Å². The van der Waals surface area contributed by atoms with Crippen molar-refractivity contribution >= 4 is 0 Å². The van der Waals surface area contributed by atoms with E-state index in [0.29, 0.717) is 0 Å². The number of hydrogen-bond donors (Lipinski definition) is 1. The molecule has 0 spiro atoms. The van der Waals surface area contributed by atoms with Gasteiger partial charge in [-0.3, -0.25) is 4.98 Å². The highest BCUT2D eigenvalue weighted by Gasteiger charge is 2.36. The van der Waals surface area contributed by atoms with Gasteiger partial charge in [0.15, 0.2) is 0 Å². The van der Waals surface area contributed by atoms with Crippen LogP contribution < -0.4 is 5.73 Å². The Hall–Kier alpha value is -1.10. The third-order valence-electron chi connectivity index (χ3n) is 3.92. The Morgan fingerprint density at radius 1 is 1.16 bits per heavy atom. The lowest BCUT2D eigenvalue weighted by Gasteiger charge is -2.25. The minimum Gasteiger partial charge on any atom is -0.324 e. The summed E-state index contributed by atoms with van der Waals surface area (Å²) in [7, 11) is 0. The molecule has 0 saturated heterocycles. The zero-order valence-corrected chi connectivity index (χ0v) is 10.8. The van der Waals surface area contributed by atoms with Gasteiger partial charge in [0.1, 0.15) is 0 Å². The lowest BCUT2D eigenvalue weighted by atomic mass is 9.86. The Bertz CT molecular complexity index is 409. The van der Waals surface area contributed by atoms with E-state index in [9.17, 15) is 13.2 Å². The van der Waals surface area contributed by atoms with E-state index in [1.807, 2.05) is 0 Å². The van der Waals surface area contributed by atoms with Gasteiger partial charge in [-0.25, -0.2) is 0 Å². The molecule has 1 aromatic heterocycles. The molecular weight excluding hydrogens is 253 g/mol. The molecule has 0 amide bonds. The Balaban J connectivity index is 2.25.